The fraction of sp³-hybridized carbons (Fsp3) is 0.0270. The summed E-state index contributed by atoms with van der Waals surface area (Å²) in [5.41, 5.74) is 10.4. The second-order valence-corrected chi connectivity index (χ2v) is 9.96. The molecule has 0 spiro atoms. The Morgan fingerprint density at radius 3 is 1.27 bits per heavy atom. The van der Waals surface area contributed by atoms with Gasteiger partial charge in [0.05, 0.1) is 40.6 Å². The van der Waals surface area contributed by atoms with Gasteiger partial charge in [-0.05, 0) is 81.9 Å². The second-order valence-electron chi connectivity index (χ2n) is 9.96. The molecule has 2 heterocycles. The van der Waals surface area contributed by atoms with Crippen LogP contribution in [0, 0.1) is 0 Å². The van der Waals surface area contributed by atoms with E-state index in [1.807, 2.05) is 36.4 Å². The summed E-state index contributed by atoms with van der Waals surface area (Å²) in [7, 11) is 0. The van der Waals surface area contributed by atoms with E-state index >= 15 is 0 Å². The average molecular weight is 527 g/mol. The molecule has 0 radical (unpaired) electrons. The van der Waals surface area contributed by atoms with Crippen molar-refractivity contribution in [2.24, 2.45) is 9.98 Å². The molecule has 0 atom stereocenters. The lowest BCUT2D eigenvalue weighted by molar-refractivity contribution is 0.768. The fourth-order valence-corrected chi connectivity index (χ4v) is 5.80. The van der Waals surface area contributed by atoms with Crippen LogP contribution < -0.4 is 0 Å². The summed E-state index contributed by atoms with van der Waals surface area (Å²) < 4.78 is 0. The highest BCUT2D eigenvalue weighted by atomic mass is 14.8. The third-order valence-corrected chi connectivity index (χ3v) is 7.62. The van der Waals surface area contributed by atoms with E-state index in [0.717, 1.165) is 22.8 Å². The van der Waals surface area contributed by atoms with Crippen LogP contribution in [0.1, 0.15) is 33.6 Å². The average Bonchev–Trinajstić information content (AvgIpc) is 3.35. The molecular formula is C37H26N4. The summed E-state index contributed by atoms with van der Waals surface area (Å²) in [5.74, 6) is 0. The zero-order valence-electron chi connectivity index (χ0n) is 22.3. The molecule has 0 N–H and O–H groups in total. The Balaban J connectivity index is 1.34. The van der Waals surface area contributed by atoms with Gasteiger partial charge in [-0.25, -0.2) is 0 Å². The summed E-state index contributed by atoms with van der Waals surface area (Å²) in [5, 5.41) is 0. The lowest BCUT2D eigenvalue weighted by Gasteiger charge is -2.34. The topological polar surface area (TPSA) is 50.5 Å². The minimum absolute atomic E-state index is 0.473. The third-order valence-electron chi connectivity index (χ3n) is 7.62. The molecule has 7 rings (SSSR count). The molecule has 41 heavy (non-hydrogen) atoms. The lowest BCUT2D eigenvalue weighted by atomic mass is 9.67. The van der Waals surface area contributed by atoms with Crippen molar-refractivity contribution in [3.05, 3.63) is 179 Å². The van der Waals surface area contributed by atoms with Gasteiger partial charge in [-0.2, -0.15) is 0 Å². The molecule has 194 valence electrons. The van der Waals surface area contributed by atoms with E-state index < -0.39 is 5.41 Å². The maximum absolute atomic E-state index is 4.68. The quantitative estimate of drug-likeness (QED) is 0.205. The van der Waals surface area contributed by atoms with Gasteiger partial charge in [0.2, 0.25) is 0 Å². The SMILES string of the molecule is C(=Nc1ccc(C2(c3ccc(N=Cc4ccccn4)cc3)c3ccccc3-c3ccccc32)cc1)c1ccccn1. The van der Waals surface area contributed by atoms with Crippen LogP contribution in [0.5, 0.6) is 0 Å². The first-order valence-corrected chi connectivity index (χ1v) is 13.6. The minimum atomic E-state index is -0.473. The summed E-state index contributed by atoms with van der Waals surface area (Å²) in [4.78, 5) is 18.1. The van der Waals surface area contributed by atoms with Gasteiger partial charge in [-0.1, -0.05) is 84.9 Å². The van der Waals surface area contributed by atoms with Crippen LogP contribution in [0.4, 0.5) is 11.4 Å². The Hall–Kier alpha value is -5.48. The van der Waals surface area contributed by atoms with Gasteiger partial charge in [-0.3, -0.25) is 20.0 Å². The molecule has 0 unspecified atom stereocenters. The van der Waals surface area contributed by atoms with E-state index in [2.05, 4.69) is 117 Å². The molecule has 1 aliphatic rings. The maximum atomic E-state index is 4.68. The summed E-state index contributed by atoms with van der Waals surface area (Å²) in [6, 6.07) is 46.3. The Kier molecular flexibility index (Phi) is 6.34. The van der Waals surface area contributed by atoms with E-state index in [1.54, 1.807) is 24.8 Å². The highest BCUT2D eigenvalue weighted by Gasteiger charge is 2.45. The van der Waals surface area contributed by atoms with Crippen molar-refractivity contribution >= 4 is 23.8 Å². The Bertz CT molecular complexity index is 1720. The molecule has 0 bridgehead atoms. The number of rotatable bonds is 6. The maximum Gasteiger partial charge on any atom is 0.0812 e. The van der Waals surface area contributed by atoms with Crippen LogP contribution in [-0.2, 0) is 5.41 Å². The van der Waals surface area contributed by atoms with E-state index in [0.29, 0.717) is 0 Å². The highest BCUT2D eigenvalue weighted by molar-refractivity contribution is 5.87. The van der Waals surface area contributed by atoms with Gasteiger partial charge in [0.25, 0.3) is 0 Å². The fourth-order valence-electron chi connectivity index (χ4n) is 5.80. The number of hydrogen-bond acceptors (Lipinski definition) is 4. The highest BCUT2D eigenvalue weighted by Crippen LogP contribution is 2.56. The van der Waals surface area contributed by atoms with Crippen molar-refractivity contribution in [1.29, 1.82) is 0 Å². The van der Waals surface area contributed by atoms with Crippen LogP contribution in [-0.4, -0.2) is 22.4 Å². The molecule has 0 saturated carbocycles. The molecule has 4 aromatic carbocycles. The predicted octanol–water partition coefficient (Wildman–Crippen LogP) is 8.34. The van der Waals surface area contributed by atoms with Crippen LogP contribution >= 0.6 is 0 Å². The van der Waals surface area contributed by atoms with Gasteiger partial charge in [0.15, 0.2) is 0 Å². The zero-order chi connectivity index (χ0) is 27.5. The second kappa shape index (κ2) is 10.6. The van der Waals surface area contributed by atoms with E-state index in [9.17, 15) is 0 Å². The largest absolute Gasteiger partial charge is 0.255 e. The molecular weight excluding hydrogens is 500 g/mol. The molecule has 4 heteroatoms. The number of pyridine rings is 2. The number of aromatic nitrogens is 2. The predicted molar refractivity (Wildman–Crippen MR) is 167 cm³/mol. The number of nitrogens with zero attached hydrogens (tertiary/aromatic N) is 4. The van der Waals surface area contributed by atoms with E-state index in [-0.39, 0.29) is 0 Å². The van der Waals surface area contributed by atoms with Crippen molar-refractivity contribution in [2.45, 2.75) is 5.41 Å². The first-order valence-electron chi connectivity index (χ1n) is 13.6. The van der Waals surface area contributed by atoms with Crippen molar-refractivity contribution in [3.63, 3.8) is 0 Å². The van der Waals surface area contributed by atoms with Crippen molar-refractivity contribution in [2.75, 3.05) is 0 Å². The van der Waals surface area contributed by atoms with Crippen molar-refractivity contribution in [1.82, 2.24) is 9.97 Å². The molecule has 4 nitrogen and oxygen atoms in total. The molecule has 0 amide bonds. The van der Waals surface area contributed by atoms with Crippen LogP contribution in [0.3, 0.4) is 0 Å². The molecule has 1 aliphatic carbocycles. The van der Waals surface area contributed by atoms with E-state index in [4.69, 9.17) is 0 Å². The van der Waals surface area contributed by atoms with E-state index in [1.165, 1.54) is 33.4 Å². The Morgan fingerprint density at radius 1 is 0.439 bits per heavy atom. The Labute approximate surface area is 239 Å². The summed E-state index contributed by atoms with van der Waals surface area (Å²) in [6.07, 6.45) is 7.15. The van der Waals surface area contributed by atoms with Gasteiger partial charge in [0.1, 0.15) is 0 Å². The molecule has 6 aromatic rings. The first-order chi connectivity index (χ1) is 20.3. The summed E-state index contributed by atoms with van der Waals surface area (Å²) >= 11 is 0. The first kappa shape index (κ1) is 24.6. The van der Waals surface area contributed by atoms with Crippen molar-refractivity contribution in [3.8, 4) is 11.1 Å². The molecule has 0 aliphatic heterocycles. The third kappa shape index (κ3) is 4.46. The monoisotopic (exact) mass is 526 g/mol. The molecule has 0 fully saturated rings. The normalized spacial score (nSPS) is 13.4. The van der Waals surface area contributed by atoms with Gasteiger partial charge < -0.3 is 0 Å². The van der Waals surface area contributed by atoms with Gasteiger partial charge in [-0.15, -0.1) is 0 Å². The van der Waals surface area contributed by atoms with Gasteiger partial charge in [0, 0.05) is 12.4 Å². The number of benzene rings is 4. The molecule has 2 aromatic heterocycles. The van der Waals surface area contributed by atoms with Crippen LogP contribution in [0.2, 0.25) is 0 Å². The van der Waals surface area contributed by atoms with Crippen molar-refractivity contribution < 1.29 is 0 Å². The minimum Gasteiger partial charge on any atom is -0.255 e. The Morgan fingerprint density at radius 2 is 0.854 bits per heavy atom. The van der Waals surface area contributed by atoms with Crippen LogP contribution in [0.25, 0.3) is 11.1 Å². The summed E-state index contributed by atoms with van der Waals surface area (Å²) in [6.45, 7) is 0. The zero-order valence-corrected chi connectivity index (χ0v) is 22.3. The molecule has 0 saturated heterocycles. The van der Waals surface area contributed by atoms with Crippen LogP contribution in [0.15, 0.2) is 156 Å². The number of fused-ring (bicyclic) bond motifs is 3. The lowest BCUT2D eigenvalue weighted by Crippen LogP contribution is -2.28. The number of aliphatic imine (C=N–C) groups is 2. The smallest absolute Gasteiger partial charge is 0.0812 e. The van der Waals surface area contributed by atoms with Gasteiger partial charge >= 0.3 is 0 Å². The standard InChI is InChI=1S/C37H26N4/c1-3-13-35-33(11-1)34-12-2-4-14-36(34)37(35,27-15-19-29(20-16-27)40-25-31-9-5-7-23-38-31)28-17-21-30(22-18-28)41-26-32-10-6-8-24-39-32/h1-26H. The number of hydrogen-bond donors (Lipinski definition) is 0.